The molecule has 0 aromatic rings. The van der Waals surface area contributed by atoms with Crippen LogP contribution in [-0.4, -0.2) is 482 Å². The average Bonchev–Trinajstić information content (AvgIpc) is 0.770. The van der Waals surface area contributed by atoms with Crippen molar-refractivity contribution in [3.63, 3.8) is 0 Å². The van der Waals surface area contributed by atoms with Crippen molar-refractivity contribution in [3.05, 3.63) is 34.9 Å². The molecular weight excluding hydrogens is 1470 g/mol. The molecule has 7 aliphatic heterocycles. The van der Waals surface area contributed by atoms with Gasteiger partial charge in [0.1, 0.15) is 214 Å². The second-order valence-corrected chi connectivity index (χ2v) is 28.7. The van der Waals surface area contributed by atoms with E-state index in [1.807, 2.05) is 0 Å². The van der Waals surface area contributed by atoms with Crippen molar-refractivity contribution in [2.45, 2.75) is 309 Å². The molecule has 7 heterocycles. The number of aliphatic hydroxyl groups is 29. The lowest BCUT2D eigenvalue weighted by atomic mass is 9.86. The zero-order valence-electron chi connectivity index (χ0n) is 58.1. The molecule has 7 saturated heterocycles. The highest BCUT2D eigenvalue weighted by atomic mass is 16.8. The minimum absolute atomic E-state index is 0.0351. The first-order valence-electron chi connectivity index (χ1n) is 35.2. The van der Waals surface area contributed by atoms with Crippen LogP contribution in [0.5, 0.6) is 0 Å². The smallest absolute Gasteiger partial charge is 0.187 e. The van der Waals surface area contributed by atoms with Crippen molar-refractivity contribution in [2.75, 3.05) is 46.2 Å². The lowest BCUT2D eigenvalue weighted by Gasteiger charge is -2.49. The molecule has 0 amide bonds. The molecule has 45 nitrogen and oxygen atoms in total. The first-order valence-corrected chi connectivity index (χ1v) is 35.2. The molecular formula is C63H105N3O42. The largest absolute Gasteiger partial charge is 0.394 e. The number of aliphatic hydroxyl groups excluding tert-OH is 29. The molecule has 0 aromatic heterocycles. The highest BCUT2D eigenvalue weighted by Crippen LogP contribution is 2.39. The lowest BCUT2D eigenvalue weighted by Crippen LogP contribution is -2.69. The molecule has 7 fully saturated rings. The van der Waals surface area contributed by atoms with E-state index in [9.17, 15) is 148 Å². The van der Waals surface area contributed by atoms with E-state index in [-0.39, 0.29) is 16.7 Å². The van der Waals surface area contributed by atoms with Crippen LogP contribution in [0.2, 0.25) is 0 Å². The molecule has 0 unspecified atom stereocenters. The van der Waals surface area contributed by atoms with E-state index >= 15 is 0 Å². The van der Waals surface area contributed by atoms with Crippen molar-refractivity contribution < 1.29 is 210 Å². The molecule has 10 aliphatic rings. The molecule has 0 spiro atoms. The Morgan fingerprint density at radius 2 is 0.583 bits per heavy atom. The van der Waals surface area contributed by atoms with Crippen molar-refractivity contribution >= 4 is 0 Å². The van der Waals surface area contributed by atoms with Crippen molar-refractivity contribution in [2.24, 2.45) is 0 Å². The summed E-state index contributed by atoms with van der Waals surface area (Å²) in [5.41, 5.74) is -0.386. The highest BCUT2D eigenvalue weighted by molar-refractivity contribution is 5.26. The number of nitrogens with one attached hydrogen (secondary N) is 3. The van der Waals surface area contributed by atoms with Crippen LogP contribution in [0.3, 0.4) is 0 Å². The zero-order chi connectivity index (χ0) is 79.3. The van der Waals surface area contributed by atoms with E-state index in [2.05, 4.69) is 16.0 Å². The van der Waals surface area contributed by atoms with E-state index < -0.39 is 334 Å². The summed E-state index contributed by atoms with van der Waals surface area (Å²) in [4.78, 5) is 0. The molecule has 32 N–H and O–H groups in total. The van der Waals surface area contributed by atoms with Gasteiger partial charge in [0, 0.05) is 0 Å². The van der Waals surface area contributed by atoms with E-state index in [0.29, 0.717) is 0 Å². The lowest BCUT2D eigenvalue weighted by molar-refractivity contribution is -0.378. The van der Waals surface area contributed by atoms with E-state index in [4.69, 9.17) is 61.6 Å². The van der Waals surface area contributed by atoms with Gasteiger partial charge in [-0.05, 0) is 37.5 Å². The van der Waals surface area contributed by atoms with Gasteiger partial charge in [-0.2, -0.15) is 0 Å². The van der Waals surface area contributed by atoms with Crippen LogP contribution in [0, 0.1) is 0 Å². The van der Waals surface area contributed by atoms with Gasteiger partial charge in [0.2, 0.25) is 0 Å². The summed E-state index contributed by atoms with van der Waals surface area (Å²) in [6.07, 6.45) is -73.8. The Hall–Kier alpha value is -2.58. The van der Waals surface area contributed by atoms with E-state index in [1.165, 1.54) is 26.8 Å². The zero-order valence-corrected chi connectivity index (χ0v) is 58.1. The Balaban J connectivity index is 0.709. The van der Waals surface area contributed by atoms with Gasteiger partial charge in [0.25, 0.3) is 0 Å². The molecule has 0 aromatic carbocycles. The second kappa shape index (κ2) is 37.1. The van der Waals surface area contributed by atoms with Crippen molar-refractivity contribution in [3.8, 4) is 0 Å². The van der Waals surface area contributed by atoms with E-state index in [0.717, 1.165) is 12.2 Å². The number of hydrogen-bond acceptors (Lipinski definition) is 45. The summed E-state index contributed by atoms with van der Waals surface area (Å²) in [5.74, 6) is 0. The Labute approximate surface area is 613 Å². The first-order chi connectivity index (χ1) is 51.1. The van der Waals surface area contributed by atoms with Gasteiger partial charge in [-0.25, -0.2) is 0 Å². The van der Waals surface area contributed by atoms with Gasteiger partial charge in [-0.1, -0.05) is 18.2 Å². The molecule has 108 heavy (non-hydrogen) atoms. The summed E-state index contributed by atoms with van der Waals surface area (Å²) in [6.45, 7) is -2.17. The summed E-state index contributed by atoms with van der Waals surface area (Å²) >= 11 is 0. The monoisotopic (exact) mass is 1580 g/mol. The minimum atomic E-state index is -2.12. The van der Waals surface area contributed by atoms with Gasteiger partial charge in [-0.3, -0.25) is 10.6 Å². The van der Waals surface area contributed by atoms with Crippen LogP contribution in [0.4, 0.5) is 0 Å². The summed E-state index contributed by atoms with van der Waals surface area (Å²) in [7, 11) is 0. The third-order valence-corrected chi connectivity index (χ3v) is 21.6. The fourth-order valence-corrected chi connectivity index (χ4v) is 15.2. The van der Waals surface area contributed by atoms with Gasteiger partial charge in [0.15, 0.2) is 31.5 Å². The standard InChI is InChI=1S/C63H105N3O42/c1-14-27(64-20-4-17(7-67)28(74)33(79)29(20)75)32(78)45(91)60(96-14)105-53-23(10-70)99-57(42(88)36(53)82)65-21-5-18(8-68)51(34(80)30(21)76)103-49-15(2)97-61(46(92)39(49)85)106-54-24(11-71)100-58(43(89)37(54)83)66-22-6-19(9-69)52(35(81)31(22)77)104-50-16(3)98-62(47(93)40(50)86)107-56-26(13-73)102-63(48(94)41(56)87)108-55-25(12-72)101-59(95)44(90)38(55)84/h4-6,14-16,20-95H,7-13H2,1-3H3/t14-,15-,16-,20+,21+,22+,23-,24-,25-,26-,27-,28-,29+,30+,31+,32+,33+,34-,35-,36-,37-,38-,39-,40-,41-,42-,43-,44-,45-,46-,47-,48-,49-,50-,51-,52-,53-,54-,55-,56-,57+,58+,59-,60-,61-,62-,63-/m1/s1. The molecule has 0 saturated carbocycles. The van der Waals surface area contributed by atoms with Crippen LogP contribution in [-0.2, 0) is 61.6 Å². The van der Waals surface area contributed by atoms with Gasteiger partial charge < -0.3 is 215 Å². The fourth-order valence-electron chi connectivity index (χ4n) is 15.2. The number of ether oxygens (including phenoxy) is 13. The van der Waals surface area contributed by atoms with Crippen LogP contribution in [0.15, 0.2) is 34.9 Å². The summed E-state index contributed by atoms with van der Waals surface area (Å²) in [6, 6.07) is -5.30. The minimum Gasteiger partial charge on any atom is -0.394 e. The normalized spacial score (nSPS) is 52.7. The maximum Gasteiger partial charge on any atom is 0.187 e. The highest BCUT2D eigenvalue weighted by Gasteiger charge is 2.59. The Kier molecular flexibility index (Phi) is 30.2. The number of hydrogen-bond donors (Lipinski definition) is 32. The molecule has 47 atom stereocenters. The molecule has 0 bridgehead atoms. The first kappa shape index (κ1) is 87.8. The Morgan fingerprint density at radius 3 is 0.972 bits per heavy atom. The predicted molar refractivity (Wildman–Crippen MR) is 341 cm³/mol. The van der Waals surface area contributed by atoms with Gasteiger partial charge in [-0.15, -0.1) is 0 Å². The van der Waals surface area contributed by atoms with Crippen LogP contribution < -0.4 is 16.0 Å². The summed E-state index contributed by atoms with van der Waals surface area (Å²) in [5, 5.41) is 324. The third kappa shape index (κ3) is 17.7. The molecule has 624 valence electrons. The maximum absolute atomic E-state index is 11.6. The molecule has 0 radical (unpaired) electrons. The van der Waals surface area contributed by atoms with Crippen molar-refractivity contribution in [1.29, 1.82) is 0 Å². The quantitative estimate of drug-likeness (QED) is 0.0377. The fraction of sp³-hybridized carbons (Fsp3) is 0.905. The average molecular weight is 1580 g/mol. The predicted octanol–water partition coefficient (Wildman–Crippen LogP) is -19.3. The third-order valence-electron chi connectivity index (χ3n) is 21.6. The second-order valence-electron chi connectivity index (χ2n) is 28.7. The molecule has 3 aliphatic carbocycles. The van der Waals surface area contributed by atoms with Gasteiger partial charge >= 0.3 is 0 Å². The van der Waals surface area contributed by atoms with Crippen LogP contribution >= 0.6 is 0 Å². The van der Waals surface area contributed by atoms with Crippen LogP contribution in [0.25, 0.3) is 0 Å². The maximum atomic E-state index is 11.6. The van der Waals surface area contributed by atoms with Crippen LogP contribution in [0.1, 0.15) is 20.8 Å². The van der Waals surface area contributed by atoms with Crippen molar-refractivity contribution in [1.82, 2.24) is 16.0 Å². The SMILES string of the molecule is C[C@H]1O[C@H](O[C@H]2[C@H](O)[C@@H](O)[C@@H](N[C@H]3C=C(CO)[C@@H](O[C@H]4[C@H](O)[C@@H](O)[C@@H](O[C@H]5[C@H](O)[C@@H](O)[C@@H](N[C@H]6C=C(CO)[C@@H](O[C@H]7[C@H](O)[C@@H](O)[C@@H](O[C@H]8[C@H](O)[C@@H](O)[C@@H](O[C@H]9[C@H](O)[C@@H](O)[C@H](O)O[C@@H]9CO)O[C@@H]8CO)O[C@@H]7C)[C@H](O)[C@H]6O)O[C@@H]5CO)O[C@@H]4C)[C@H](O)[C@H]3O)O[C@@H]2CO)[C@H](O)[C@@H](O)[C@@H]1N[C@H]1C=C(CO)[C@@H](O)[C@H](O)[C@H]1O. The number of rotatable bonds is 25. The van der Waals surface area contributed by atoms with Gasteiger partial charge in [0.05, 0.1) is 88.7 Å². The topological polar surface area (TPSA) is 743 Å². The molecule has 45 heteroatoms. The summed E-state index contributed by atoms with van der Waals surface area (Å²) < 4.78 is 74.9. The molecule has 10 rings (SSSR count). The Bertz CT molecular complexity index is 2940. The van der Waals surface area contributed by atoms with E-state index in [1.54, 1.807) is 0 Å². The Morgan fingerprint density at radius 1 is 0.278 bits per heavy atom.